The van der Waals surface area contributed by atoms with Crippen LogP contribution < -0.4 is 15.9 Å². The molecule has 0 aliphatic carbocycles. The van der Waals surface area contributed by atoms with Gasteiger partial charge in [0, 0.05) is 0 Å². The summed E-state index contributed by atoms with van der Waals surface area (Å²) in [7, 11) is -6.63. The molecule has 0 saturated carbocycles. The molecule has 0 amide bonds. The second kappa shape index (κ2) is 15.8. The molecule has 0 heterocycles. The van der Waals surface area contributed by atoms with Gasteiger partial charge in [-0.1, -0.05) is 200 Å². The molecular formula is C49H34F3O3PS. The van der Waals surface area contributed by atoms with E-state index < -0.39 is 23.5 Å². The van der Waals surface area contributed by atoms with Gasteiger partial charge in [0.1, 0.15) is 0 Å². The molecule has 0 aliphatic rings. The van der Waals surface area contributed by atoms with E-state index in [2.05, 4.69) is 200 Å². The van der Waals surface area contributed by atoms with Crippen molar-refractivity contribution in [2.75, 3.05) is 0 Å². The zero-order chi connectivity index (χ0) is 39.6. The molecule has 0 unspecified atom stereocenters. The first-order chi connectivity index (χ1) is 27.5. The number of benzene rings is 9. The van der Waals surface area contributed by atoms with Crippen LogP contribution >= 0.6 is 7.92 Å². The number of rotatable bonds is 6. The van der Waals surface area contributed by atoms with Crippen molar-refractivity contribution in [2.24, 2.45) is 0 Å². The van der Waals surface area contributed by atoms with Gasteiger partial charge in [-0.3, -0.25) is 4.55 Å². The summed E-state index contributed by atoms with van der Waals surface area (Å²) in [6.45, 7) is 0. The summed E-state index contributed by atoms with van der Waals surface area (Å²) in [5.74, 6) is 0. The van der Waals surface area contributed by atoms with E-state index in [1.165, 1.54) is 81.6 Å². The number of alkyl halides is 3. The van der Waals surface area contributed by atoms with Crippen molar-refractivity contribution < 1.29 is 26.1 Å². The van der Waals surface area contributed by atoms with Crippen molar-refractivity contribution in [1.29, 1.82) is 0 Å². The highest BCUT2D eigenvalue weighted by Gasteiger charge is 2.44. The average Bonchev–Trinajstić information content (AvgIpc) is 3.23. The summed E-state index contributed by atoms with van der Waals surface area (Å²) in [6.07, 6.45) is 0. The van der Waals surface area contributed by atoms with Gasteiger partial charge in [-0.05, 0) is 89.5 Å². The zero-order valence-electron chi connectivity index (χ0n) is 30.3. The molecule has 0 aromatic heterocycles. The first-order valence-electron chi connectivity index (χ1n) is 18.1. The van der Waals surface area contributed by atoms with Crippen molar-refractivity contribution in [3.05, 3.63) is 200 Å². The van der Waals surface area contributed by atoms with Crippen LogP contribution in [0.3, 0.4) is 0 Å². The molecule has 0 fully saturated rings. The van der Waals surface area contributed by atoms with Crippen LogP contribution in [0.1, 0.15) is 0 Å². The van der Waals surface area contributed by atoms with E-state index in [1.54, 1.807) is 0 Å². The lowest BCUT2D eigenvalue weighted by Gasteiger charge is -2.21. The number of hydrogen-bond acceptors (Lipinski definition) is 2. The molecule has 57 heavy (non-hydrogen) atoms. The molecule has 3 nitrogen and oxygen atoms in total. The highest BCUT2D eigenvalue weighted by molar-refractivity contribution is 7.86. The van der Waals surface area contributed by atoms with Crippen molar-refractivity contribution in [3.8, 4) is 33.4 Å². The summed E-state index contributed by atoms with van der Waals surface area (Å²) in [5, 5.41) is 11.7. The van der Waals surface area contributed by atoms with Crippen LogP contribution in [-0.4, -0.2) is 18.5 Å². The van der Waals surface area contributed by atoms with Crippen molar-refractivity contribution in [3.63, 3.8) is 0 Å². The van der Waals surface area contributed by atoms with Crippen LogP contribution in [-0.2, 0) is 10.1 Å². The van der Waals surface area contributed by atoms with Crippen LogP contribution in [0.5, 0.6) is 0 Å². The monoisotopic (exact) mass is 790 g/mol. The van der Waals surface area contributed by atoms with Crippen molar-refractivity contribution in [1.82, 2.24) is 0 Å². The molecule has 9 aromatic carbocycles. The molecule has 8 heteroatoms. The molecule has 280 valence electrons. The maximum Gasteiger partial charge on any atom is 0.522 e. The van der Waals surface area contributed by atoms with Gasteiger partial charge in [0.15, 0.2) is 0 Å². The minimum Gasteiger partial charge on any atom is -0.279 e. The predicted molar refractivity (Wildman–Crippen MR) is 232 cm³/mol. The topological polar surface area (TPSA) is 54.4 Å². The third-order valence-corrected chi connectivity index (χ3v) is 13.0. The Bertz CT molecular complexity index is 2660. The van der Waals surface area contributed by atoms with Gasteiger partial charge in [-0.15, -0.1) is 0 Å². The van der Waals surface area contributed by atoms with Gasteiger partial charge in [-0.2, -0.15) is 21.6 Å². The summed E-state index contributed by atoms with van der Waals surface area (Å²) < 4.78 is 57.5. The Morgan fingerprint density at radius 2 is 0.614 bits per heavy atom. The normalized spacial score (nSPS) is 11.8. The van der Waals surface area contributed by atoms with Crippen LogP contribution in [0.15, 0.2) is 200 Å². The fraction of sp³-hybridized carbons (Fsp3) is 0.0204. The zero-order valence-corrected chi connectivity index (χ0v) is 32.0. The van der Waals surface area contributed by atoms with Crippen LogP contribution in [0.4, 0.5) is 13.2 Å². The fourth-order valence-corrected chi connectivity index (χ4v) is 9.48. The van der Waals surface area contributed by atoms with E-state index in [1.807, 2.05) is 0 Å². The third kappa shape index (κ3) is 7.96. The minimum atomic E-state index is -5.84. The fourth-order valence-electron chi connectivity index (χ4n) is 7.25. The number of fused-ring (bicyclic) bond motifs is 3. The quantitative estimate of drug-likeness (QED) is 0.104. The smallest absolute Gasteiger partial charge is 0.279 e. The Hall–Kier alpha value is -6.11. The molecule has 0 radical (unpaired) electrons. The third-order valence-electron chi connectivity index (χ3n) is 9.97. The minimum absolute atomic E-state index is 0.794. The van der Waals surface area contributed by atoms with Crippen LogP contribution in [0.2, 0.25) is 0 Å². The number of hydrogen-bond donors (Lipinski definition) is 1. The second-order valence-electron chi connectivity index (χ2n) is 13.5. The van der Waals surface area contributed by atoms with E-state index >= 15 is 0 Å². The molecule has 0 bridgehead atoms. The molecule has 0 aliphatic heterocycles. The Morgan fingerprint density at radius 1 is 0.368 bits per heavy atom. The summed E-state index contributed by atoms with van der Waals surface area (Å²) in [5.41, 5.74) is 2.01. The first-order valence-corrected chi connectivity index (χ1v) is 20.9. The van der Waals surface area contributed by atoms with Gasteiger partial charge in [-0.25, -0.2) is 0 Å². The lowest BCUT2D eigenvalue weighted by Crippen LogP contribution is -2.21. The first kappa shape index (κ1) is 37.8. The Kier molecular flexibility index (Phi) is 10.5. The van der Waals surface area contributed by atoms with Gasteiger partial charge in [0.05, 0.1) is 0 Å². The lowest BCUT2D eigenvalue weighted by molar-refractivity contribution is -0.0510. The molecule has 0 spiro atoms. The maximum absolute atomic E-state index is 10.7. The van der Waals surface area contributed by atoms with E-state index in [4.69, 9.17) is 13.0 Å². The highest BCUT2D eigenvalue weighted by Crippen LogP contribution is 2.38. The average molecular weight is 791 g/mol. The van der Waals surface area contributed by atoms with E-state index in [0.29, 0.717) is 0 Å². The predicted octanol–water partition coefficient (Wildman–Crippen LogP) is 12.3. The number of halogens is 3. The van der Waals surface area contributed by atoms with Gasteiger partial charge in [0.25, 0.3) is 0 Å². The summed E-state index contributed by atoms with van der Waals surface area (Å²) in [4.78, 5) is 0. The summed E-state index contributed by atoms with van der Waals surface area (Å²) >= 11 is 0. The van der Waals surface area contributed by atoms with Crippen molar-refractivity contribution in [2.45, 2.75) is 5.51 Å². The molecule has 1 N–H and O–H groups in total. The Morgan fingerprint density at radius 3 is 0.877 bits per heavy atom. The van der Waals surface area contributed by atoms with E-state index in [-0.39, 0.29) is 0 Å². The molecule has 0 saturated heterocycles. The SMILES string of the molecule is O=S(=O)(O)C(F)(F)F.c1ccc2c(-c3ccc(P(c4ccc(-c5cccc6ccccc56)cc4)c4ccc(-c5cccc6ccccc56)cc4)cc3)cccc2c1. The lowest BCUT2D eigenvalue weighted by atomic mass is 9.98. The molecule has 9 rings (SSSR count). The van der Waals surface area contributed by atoms with E-state index in [0.717, 1.165) is 0 Å². The molecule has 0 atom stereocenters. The standard InChI is InChI=1S/C48H33P.CHF3O3S/c1-4-16-43-34(10-1)13-7-19-46(43)37-22-28-40(29-23-37)49(41-30-24-38(25-31-41)47-20-8-14-35-11-2-5-17-44(35)47)42-32-26-39(27-33-42)48-21-9-15-36-12-3-6-18-45(36)48;2-1(3,4)8(5,6)7/h1-33H;(H,5,6,7). The maximum atomic E-state index is 10.7. The van der Waals surface area contributed by atoms with Crippen LogP contribution in [0.25, 0.3) is 65.7 Å². The molecule has 9 aromatic rings. The Balaban J connectivity index is 0.000000517. The van der Waals surface area contributed by atoms with E-state index in [9.17, 15) is 13.2 Å². The molecular weight excluding hydrogens is 757 g/mol. The second-order valence-corrected chi connectivity index (χ2v) is 17.1. The van der Waals surface area contributed by atoms with Gasteiger partial charge in [0.2, 0.25) is 0 Å². The summed E-state index contributed by atoms with van der Waals surface area (Å²) in [6, 6.07) is 73.6. The van der Waals surface area contributed by atoms with Crippen molar-refractivity contribution >= 4 is 66.3 Å². The Labute approximate surface area is 330 Å². The largest absolute Gasteiger partial charge is 0.522 e. The van der Waals surface area contributed by atoms with Gasteiger partial charge >= 0.3 is 15.6 Å². The van der Waals surface area contributed by atoms with Gasteiger partial charge < -0.3 is 0 Å². The van der Waals surface area contributed by atoms with Crippen LogP contribution in [0, 0.1) is 0 Å². The highest BCUT2D eigenvalue weighted by atomic mass is 32.2.